The average molecular weight is 170 g/mol. The molecule has 1 aliphatic rings. The molecule has 1 unspecified atom stereocenters. The molecule has 5 heteroatoms. The average Bonchev–Trinajstić information content (AvgIpc) is 1.90. The third kappa shape index (κ3) is 3.43. The molecule has 1 aliphatic heterocycles. The van der Waals surface area contributed by atoms with Crippen molar-refractivity contribution >= 4 is 57.4 Å². The van der Waals surface area contributed by atoms with E-state index in [1.807, 2.05) is 0 Å². The number of carboxylic acids is 1. The van der Waals surface area contributed by atoms with Crippen LogP contribution in [0.4, 0.5) is 0 Å². The van der Waals surface area contributed by atoms with Gasteiger partial charge in [0.15, 0.2) is 0 Å². The monoisotopic (exact) mass is 170 g/mol. The van der Waals surface area contributed by atoms with Crippen LogP contribution < -0.4 is 10.6 Å². The molecule has 10 heavy (non-hydrogen) atoms. The van der Waals surface area contributed by atoms with Gasteiger partial charge in [0, 0.05) is 19.6 Å². The van der Waals surface area contributed by atoms with E-state index in [0.29, 0.717) is 6.54 Å². The molecule has 0 saturated carbocycles. The predicted molar refractivity (Wildman–Crippen MR) is 39.4 cm³/mol. The van der Waals surface area contributed by atoms with Gasteiger partial charge in [0.25, 0.3) is 0 Å². The minimum absolute atomic E-state index is 0. The number of hydrogen-bond donors (Lipinski definition) is 3. The molecule has 0 aromatic carbocycles. The van der Waals surface area contributed by atoms with E-state index in [1.165, 1.54) is 0 Å². The third-order valence-electron chi connectivity index (χ3n) is 1.34. The number of nitrogens with one attached hydrogen (secondary N) is 2. The number of hydrogen-bond acceptors (Lipinski definition) is 3. The topological polar surface area (TPSA) is 61.4 Å². The summed E-state index contributed by atoms with van der Waals surface area (Å²) in [4.78, 5) is 10.3. The summed E-state index contributed by atoms with van der Waals surface area (Å²) in [5.74, 6) is -0.776. The number of rotatable bonds is 1. The number of carbonyl (C=O) groups is 1. The van der Waals surface area contributed by atoms with Crippen LogP contribution in [0.1, 0.15) is 0 Å². The molecule has 1 fully saturated rings. The van der Waals surface area contributed by atoms with Crippen LogP contribution in [0, 0.1) is 0 Å². The van der Waals surface area contributed by atoms with Crippen LogP contribution in [0.3, 0.4) is 0 Å². The fraction of sp³-hybridized carbons (Fsp3) is 0.800. The SMILES string of the molecule is O=C(O)C1CNCCN1.[KH]. The molecule has 0 aromatic heterocycles. The van der Waals surface area contributed by atoms with E-state index in [4.69, 9.17) is 5.11 Å². The van der Waals surface area contributed by atoms with Crippen LogP contribution in [-0.2, 0) is 4.79 Å². The van der Waals surface area contributed by atoms with Crippen LogP contribution in [-0.4, -0.2) is 88.1 Å². The standard InChI is InChI=1S/C5H10N2O2.K.H/c8-5(9)4-3-6-1-2-7-4;;/h4,6-7H,1-3H2,(H,8,9);;. The molecule has 54 valence electrons. The van der Waals surface area contributed by atoms with E-state index in [1.54, 1.807) is 0 Å². The number of carboxylic acid groups (broad SMARTS) is 1. The van der Waals surface area contributed by atoms with Crippen molar-refractivity contribution < 1.29 is 9.90 Å². The van der Waals surface area contributed by atoms with Crippen LogP contribution >= 0.6 is 0 Å². The van der Waals surface area contributed by atoms with Crippen LogP contribution in [0.15, 0.2) is 0 Å². The fourth-order valence-electron chi connectivity index (χ4n) is 0.828. The van der Waals surface area contributed by atoms with Gasteiger partial charge in [-0.2, -0.15) is 0 Å². The minimum atomic E-state index is -0.776. The first-order valence-electron chi connectivity index (χ1n) is 2.97. The van der Waals surface area contributed by atoms with Crippen molar-refractivity contribution in [2.24, 2.45) is 0 Å². The molecule has 1 heterocycles. The summed E-state index contributed by atoms with van der Waals surface area (Å²) in [6.45, 7) is 2.15. The second kappa shape index (κ2) is 5.65. The molecular weight excluding hydrogens is 159 g/mol. The van der Waals surface area contributed by atoms with E-state index >= 15 is 0 Å². The van der Waals surface area contributed by atoms with E-state index in [2.05, 4.69) is 10.6 Å². The van der Waals surface area contributed by atoms with Crippen molar-refractivity contribution in [2.45, 2.75) is 6.04 Å². The van der Waals surface area contributed by atoms with Crippen molar-refractivity contribution in [3.8, 4) is 0 Å². The van der Waals surface area contributed by atoms with Crippen LogP contribution in [0.25, 0.3) is 0 Å². The van der Waals surface area contributed by atoms with Crippen molar-refractivity contribution in [1.29, 1.82) is 0 Å². The molecule has 0 bridgehead atoms. The Morgan fingerprint density at radius 1 is 1.50 bits per heavy atom. The zero-order valence-electron chi connectivity index (χ0n) is 5.05. The van der Waals surface area contributed by atoms with Gasteiger partial charge < -0.3 is 15.7 Å². The summed E-state index contributed by atoms with van der Waals surface area (Å²) >= 11 is 0. The summed E-state index contributed by atoms with van der Waals surface area (Å²) in [6, 6.07) is -0.390. The summed E-state index contributed by atoms with van der Waals surface area (Å²) in [5, 5.41) is 14.3. The maximum atomic E-state index is 10.3. The van der Waals surface area contributed by atoms with E-state index in [0.717, 1.165) is 13.1 Å². The van der Waals surface area contributed by atoms with Crippen molar-refractivity contribution in [3.05, 3.63) is 0 Å². The first kappa shape index (κ1) is 11.0. The molecule has 1 atom stereocenters. The molecule has 0 spiro atoms. The molecule has 0 aliphatic carbocycles. The van der Waals surface area contributed by atoms with Gasteiger partial charge in [-0.15, -0.1) is 0 Å². The van der Waals surface area contributed by atoms with E-state index in [-0.39, 0.29) is 51.4 Å². The third-order valence-corrected chi connectivity index (χ3v) is 1.34. The van der Waals surface area contributed by atoms with E-state index in [9.17, 15) is 4.79 Å². The summed E-state index contributed by atoms with van der Waals surface area (Å²) in [5.41, 5.74) is 0. The Morgan fingerprint density at radius 2 is 2.20 bits per heavy atom. The van der Waals surface area contributed by atoms with Gasteiger partial charge in [-0.25, -0.2) is 0 Å². The van der Waals surface area contributed by atoms with Gasteiger partial charge in [0.05, 0.1) is 0 Å². The summed E-state index contributed by atoms with van der Waals surface area (Å²) in [7, 11) is 0. The molecule has 1 saturated heterocycles. The number of piperazine rings is 1. The van der Waals surface area contributed by atoms with Crippen molar-refractivity contribution in [3.63, 3.8) is 0 Å². The van der Waals surface area contributed by atoms with Gasteiger partial charge in [0.2, 0.25) is 0 Å². The van der Waals surface area contributed by atoms with E-state index < -0.39 is 12.0 Å². The second-order valence-corrected chi connectivity index (χ2v) is 2.05. The van der Waals surface area contributed by atoms with Gasteiger partial charge in [-0.05, 0) is 0 Å². The normalized spacial score (nSPS) is 25.0. The predicted octanol–water partition coefficient (Wildman–Crippen LogP) is -2.02. The maximum absolute atomic E-state index is 10.3. The molecule has 0 aromatic rings. The zero-order chi connectivity index (χ0) is 6.69. The van der Waals surface area contributed by atoms with Gasteiger partial charge in [0.1, 0.15) is 6.04 Å². The fourth-order valence-corrected chi connectivity index (χ4v) is 0.828. The van der Waals surface area contributed by atoms with Gasteiger partial charge in [-0.1, -0.05) is 0 Å². The Kier molecular flexibility index (Phi) is 6.23. The molecular formula is C5H11KN2O2. The van der Waals surface area contributed by atoms with Gasteiger partial charge >= 0.3 is 57.4 Å². The molecule has 4 nitrogen and oxygen atoms in total. The Balaban J connectivity index is 0.000000810. The Morgan fingerprint density at radius 3 is 2.50 bits per heavy atom. The Bertz CT molecular complexity index is 114. The number of aliphatic carboxylic acids is 1. The first-order chi connectivity index (χ1) is 4.30. The molecule has 0 amide bonds. The quantitative estimate of drug-likeness (QED) is 0.398. The second-order valence-electron chi connectivity index (χ2n) is 2.05. The summed E-state index contributed by atoms with van der Waals surface area (Å²) in [6.07, 6.45) is 0. The van der Waals surface area contributed by atoms with Gasteiger partial charge in [-0.3, -0.25) is 4.79 Å². The molecule has 0 radical (unpaired) electrons. The molecule has 3 N–H and O–H groups in total. The zero-order valence-corrected chi connectivity index (χ0v) is 5.05. The Labute approximate surface area is 102 Å². The Hall–Kier alpha value is 1.03. The van der Waals surface area contributed by atoms with Crippen LogP contribution in [0.5, 0.6) is 0 Å². The first-order valence-corrected chi connectivity index (χ1v) is 2.97. The molecule has 1 rings (SSSR count). The van der Waals surface area contributed by atoms with Crippen LogP contribution in [0.2, 0.25) is 0 Å². The van der Waals surface area contributed by atoms with Crippen molar-refractivity contribution in [2.75, 3.05) is 19.6 Å². The summed E-state index contributed by atoms with van der Waals surface area (Å²) < 4.78 is 0. The van der Waals surface area contributed by atoms with Crippen molar-refractivity contribution in [1.82, 2.24) is 10.6 Å².